The average molecular weight is 625 g/mol. The zero-order valence-corrected chi connectivity index (χ0v) is 29.0. The molecule has 0 atom stereocenters. The molecule has 0 aliphatic rings. The summed E-state index contributed by atoms with van der Waals surface area (Å²) in [6.07, 6.45) is 4.22. The highest BCUT2D eigenvalue weighted by molar-refractivity contribution is 6.34. The Morgan fingerprint density at radius 3 is 1.71 bits per heavy atom. The smallest absolute Gasteiger partial charge is 0.0729 e. The predicted molar refractivity (Wildman–Crippen MR) is 203 cm³/mol. The van der Waals surface area contributed by atoms with Gasteiger partial charge in [0.2, 0.25) is 0 Å². The van der Waals surface area contributed by atoms with Gasteiger partial charge < -0.3 is 8.97 Å². The van der Waals surface area contributed by atoms with Crippen molar-refractivity contribution in [2.45, 2.75) is 66.2 Å². The maximum atomic E-state index is 5.15. The molecule has 0 radical (unpaired) electrons. The molecule has 0 fully saturated rings. The standard InChI is InChI=1S/C44H40N4/c1-25-36-32-22-31-30-16-12-13-17-33(30)47(29-20-18-28(19-21-29)27-14-10-9-11-15-27)39(31)38-37-26(2)42(44(6,7)8)46-24-35(37)48(40(32)38)34(36)23-45-41(25)43(3,4)5/h9-24H,1-8H3. The molecule has 0 amide bonds. The molecule has 4 heteroatoms. The molecule has 9 rings (SSSR count). The Kier molecular flexibility index (Phi) is 5.83. The third kappa shape index (κ3) is 3.83. The van der Waals surface area contributed by atoms with E-state index < -0.39 is 0 Å². The zero-order chi connectivity index (χ0) is 33.3. The lowest BCUT2D eigenvalue weighted by atomic mass is 9.86. The van der Waals surface area contributed by atoms with Crippen molar-refractivity contribution in [3.8, 4) is 16.8 Å². The Balaban J connectivity index is 1.52. The van der Waals surface area contributed by atoms with Crippen molar-refractivity contribution in [2.75, 3.05) is 0 Å². The van der Waals surface area contributed by atoms with E-state index in [9.17, 15) is 0 Å². The molecule has 5 aromatic heterocycles. The Morgan fingerprint density at radius 1 is 0.500 bits per heavy atom. The molecule has 4 nitrogen and oxygen atoms in total. The Labute approximate surface area is 281 Å². The molecule has 4 aromatic carbocycles. The highest BCUT2D eigenvalue weighted by Gasteiger charge is 2.30. The first-order chi connectivity index (χ1) is 22.9. The lowest BCUT2D eigenvalue weighted by Crippen LogP contribution is -2.15. The van der Waals surface area contributed by atoms with Gasteiger partial charge in [-0.15, -0.1) is 0 Å². The van der Waals surface area contributed by atoms with Gasteiger partial charge in [-0.3, -0.25) is 9.97 Å². The first-order valence-corrected chi connectivity index (χ1v) is 17.0. The second-order valence-electron chi connectivity index (χ2n) is 15.6. The van der Waals surface area contributed by atoms with Crippen LogP contribution in [0.1, 0.15) is 64.1 Å². The first-order valence-electron chi connectivity index (χ1n) is 17.0. The molecule has 5 heterocycles. The summed E-state index contributed by atoms with van der Waals surface area (Å²) in [7, 11) is 0. The van der Waals surface area contributed by atoms with Crippen LogP contribution in [0, 0.1) is 13.8 Å². The number of aromatic nitrogens is 4. The Morgan fingerprint density at radius 2 is 1.06 bits per heavy atom. The van der Waals surface area contributed by atoms with Crippen molar-refractivity contribution in [2.24, 2.45) is 0 Å². The first kappa shape index (κ1) is 29.0. The minimum Gasteiger partial charge on any atom is -0.309 e. The van der Waals surface area contributed by atoms with Crippen molar-refractivity contribution in [1.29, 1.82) is 0 Å². The number of rotatable bonds is 2. The van der Waals surface area contributed by atoms with Crippen LogP contribution < -0.4 is 0 Å². The van der Waals surface area contributed by atoms with Crippen molar-refractivity contribution < 1.29 is 0 Å². The number of nitrogens with zero attached hydrogens (tertiary/aromatic N) is 4. The molecular weight excluding hydrogens is 585 g/mol. The van der Waals surface area contributed by atoms with Gasteiger partial charge in [-0.1, -0.05) is 102 Å². The summed E-state index contributed by atoms with van der Waals surface area (Å²) in [6, 6.07) is 31.0. The summed E-state index contributed by atoms with van der Waals surface area (Å²) >= 11 is 0. The van der Waals surface area contributed by atoms with Crippen molar-refractivity contribution in [3.63, 3.8) is 0 Å². The van der Waals surface area contributed by atoms with Crippen molar-refractivity contribution in [1.82, 2.24) is 18.9 Å². The van der Waals surface area contributed by atoms with Gasteiger partial charge in [-0.2, -0.15) is 0 Å². The summed E-state index contributed by atoms with van der Waals surface area (Å²) < 4.78 is 4.95. The fraction of sp³-hybridized carbons (Fsp3) is 0.227. The highest BCUT2D eigenvalue weighted by Crippen LogP contribution is 2.49. The van der Waals surface area contributed by atoms with Crippen LogP contribution in [0.3, 0.4) is 0 Å². The van der Waals surface area contributed by atoms with Gasteiger partial charge in [0.1, 0.15) is 0 Å². The summed E-state index contributed by atoms with van der Waals surface area (Å²) in [5, 5.41) is 7.68. The minimum atomic E-state index is -0.0921. The molecule has 236 valence electrons. The number of aryl methyl sites for hydroxylation is 2. The van der Waals surface area contributed by atoms with Crippen LogP contribution in [0.4, 0.5) is 0 Å². The molecule has 48 heavy (non-hydrogen) atoms. The van der Waals surface area contributed by atoms with Crippen molar-refractivity contribution >= 4 is 59.9 Å². The molecule has 0 saturated carbocycles. The molecule has 9 aromatic rings. The van der Waals surface area contributed by atoms with Crippen LogP contribution >= 0.6 is 0 Å². The number of hydrogen-bond donors (Lipinski definition) is 0. The van der Waals surface area contributed by atoms with E-state index in [-0.39, 0.29) is 10.8 Å². The topological polar surface area (TPSA) is 35.1 Å². The van der Waals surface area contributed by atoms with Crippen LogP contribution in [0.2, 0.25) is 0 Å². The molecule has 0 spiro atoms. The fourth-order valence-electron chi connectivity index (χ4n) is 8.55. The normalized spacial score (nSPS) is 13.0. The fourth-order valence-corrected chi connectivity index (χ4v) is 8.55. The molecule has 0 bridgehead atoms. The highest BCUT2D eigenvalue weighted by atomic mass is 15.0. The predicted octanol–water partition coefficient (Wildman–Crippen LogP) is 11.6. The van der Waals surface area contributed by atoms with Gasteiger partial charge in [-0.25, -0.2) is 0 Å². The number of hydrogen-bond acceptors (Lipinski definition) is 2. The van der Waals surface area contributed by atoms with E-state index in [1.807, 2.05) is 0 Å². The average Bonchev–Trinajstić information content (AvgIpc) is 3.69. The second kappa shape index (κ2) is 9.67. The van der Waals surface area contributed by atoms with Gasteiger partial charge in [0.05, 0.1) is 40.0 Å². The van der Waals surface area contributed by atoms with Gasteiger partial charge in [0, 0.05) is 60.2 Å². The molecule has 0 saturated heterocycles. The largest absolute Gasteiger partial charge is 0.309 e. The second-order valence-corrected chi connectivity index (χ2v) is 15.6. The maximum absolute atomic E-state index is 5.15. The van der Waals surface area contributed by atoms with E-state index in [1.54, 1.807) is 0 Å². The third-order valence-corrected chi connectivity index (χ3v) is 10.4. The van der Waals surface area contributed by atoms with E-state index >= 15 is 0 Å². The maximum Gasteiger partial charge on any atom is 0.0729 e. The minimum absolute atomic E-state index is 0.0661. The van der Waals surface area contributed by atoms with Crippen LogP contribution in [-0.2, 0) is 10.8 Å². The van der Waals surface area contributed by atoms with E-state index in [4.69, 9.17) is 9.97 Å². The van der Waals surface area contributed by atoms with E-state index in [1.165, 1.54) is 71.1 Å². The SMILES string of the molecule is Cc1c(C(C)(C)C)ncc2c1c1cc3c4ccccc4n(-c4ccc(-c5ccccc5)cc4)c3c3c4c(C)c(C(C)(C)C)ncc4n2c13. The van der Waals surface area contributed by atoms with Gasteiger partial charge in [0.25, 0.3) is 0 Å². The summed E-state index contributed by atoms with van der Waals surface area (Å²) in [4.78, 5) is 10.3. The summed E-state index contributed by atoms with van der Waals surface area (Å²) in [6.45, 7) is 18.1. The summed E-state index contributed by atoms with van der Waals surface area (Å²) in [5.74, 6) is 0. The lowest BCUT2D eigenvalue weighted by molar-refractivity contribution is 0.566. The van der Waals surface area contributed by atoms with Crippen LogP contribution in [0.25, 0.3) is 76.7 Å². The Hall–Kier alpha value is -5.22. The third-order valence-electron chi connectivity index (χ3n) is 10.4. The van der Waals surface area contributed by atoms with Crippen LogP contribution in [0.15, 0.2) is 97.3 Å². The lowest BCUT2D eigenvalue weighted by Gasteiger charge is -2.21. The zero-order valence-electron chi connectivity index (χ0n) is 29.0. The van der Waals surface area contributed by atoms with E-state index in [0.717, 1.165) is 28.1 Å². The number of benzene rings is 4. The molecule has 0 unspecified atom stereocenters. The number of fused-ring (bicyclic) bond motifs is 10. The molecule has 0 N–H and O–H groups in total. The summed E-state index contributed by atoms with van der Waals surface area (Å²) in [5.41, 5.74) is 14.2. The molecular formula is C44H40N4. The number of pyridine rings is 2. The molecule has 0 aliphatic carbocycles. The van der Waals surface area contributed by atoms with Gasteiger partial charge in [-0.05, 0) is 60.4 Å². The van der Waals surface area contributed by atoms with E-state index in [2.05, 4.69) is 162 Å². The van der Waals surface area contributed by atoms with Crippen LogP contribution in [0.5, 0.6) is 0 Å². The van der Waals surface area contributed by atoms with Crippen molar-refractivity contribution in [3.05, 3.63) is 120 Å². The van der Waals surface area contributed by atoms with Crippen LogP contribution in [-0.4, -0.2) is 18.9 Å². The van der Waals surface area contributed by atoms with E-state index in [0.29, 0.717) is 0 Å². The Bertz CT molecular complexity index is 2730. The van der Waals surface area contributed by atoms with Gasteiger partial charge in [0.15, 0.2) is 0 Å². The van der Waals surface area contributed by atoms with Gasteiger partial charge >= 0.3 is 0 Å². The quantitative estimate of drug-likeness (QED) is 0.192. The number of para-hydroxylation sites is 1. The monoisotopic (exact) mass is 624 g/mol. The molecule has 0 aliphatic heterocycles.